The number of benzene rings is 2. The lowest BCUT2D eigenvalue weighted by Crippen LogP contribution is -2.16. The Kier molecular flexibility index (Phi) is 2.59. The van der Waals surface area contributed by atoms with E-state index >= 15 is 0 Å². The Balaban J connectivity index is 1.90. The Morgan fingerprint density at radius 1 is 1.06 bits per heavy atom. The third kappa shape index (κ3) is 1.78. The first kappa shape index (κ1) is 11.0. The molecular formula is C15H16N2O. The van der Waals surface area contributed by atoms with E-state index in [1.807, 2.05) is 18.2 Å². The molecule has 0 spiro atoms. The van der Waals surface area contributed by atoms with Crippen LogP contribution in [-0.4, -0.2) is 7.11 Å². The van der Waals surface area contributed by atoms with Crippen molar-refractivity contribution in [2.75, 3.05) is 17.7 Å². The summed E-state index contributed by atoms with van der Waals surface area (Å²) in [7, 11) is 1.65. The highest BCUT2D eigenvalue weighted by Crippen LogP contribution is 2.33. The Morgan fingerprint density at radius 3 is 2.28 bits per heavy atom. The van der Waals surface area contributed by atoms with Crippen LogP contribution in [0, 0.1) is 0 Å². The average Bonchev–Trinajstić information content (AvgIpc) is 2.81. The van der Waals surface area contributed by atoms with E-state index in [0.717, 1.165) is 30.2 Å². The van der Waals surface area contributed by atoms with Crippen LogP contribution in [0.3, 0.4) is 0 Å². The van der Waals surface area contributed by atoms with Crippen LogP contribution in [-0.2, 0) is 13.1 Å². The van der Waals surface area contributed by atoms with E-state index in [-0.39, 0.29) is 0 Å². The molecule has 18 heavy (non-hydrogen) atoms. The number of rotatable bonds is 2. The number of anilines is 2. The summed E-state index contributed by atoms with van der Waals surface area (Å²) >= 11 is 0. The first-order chi connectivity index (χ1) is 8.78. The summed E-state index contributed by atoms with van der Waals surface area (Å²) in [4.78, 5) is 2.29. The number of nitrogen functional groups attached to an aromatic ring is 1. The van der Waals surface area contributed by atoms with Gasteiger partial charge >= 0.3 is 0 Å². The molecule has 0 unspecified atom stereocenters. The zero-order valence-corrected chi connectivity index (χ0v) is 10.4. The summed E-state index contributed by atoms with van der Waals surface area (Å²) in [6.45, 7) is 1.85. The molecule has 0 atom stereocenters. The predicted molar refractivity (Wildman–Crippen MR) is 73.7 cm³/mol. The van der Waals surface area contributed by atoms with Gasteiger partial charge < -0.3 is 15.4 Å². The van der Waals surface area contributed by atoms with Gasteiger partial charge in [-0.15, -0.1) is 0 Å². The standard InChI is InChI=1S/C15H16N2O/c1-18-13-6-7-15(14(16)8-13)17-9-11-4-2-3-5-12(11)10-17/h2-8H,9-10,16H2,1H3. The summed E-state index contributed by atoms with van der Waals surface area (Å²) in [5.74, 6) is 0.799. The molecule has 0 amide bonds. The van der Waals surface area contributed by atoms with Crippen molar-refractivity contribution in [3.8, 4) is 5.75 Å². The largest absolute Gasteiger partial charge is 0.497 e. The molecule has 3 rings (SSSR count). The second-order valence-electron chi connectivity index (χ2n) is 4.55. The molecular weight excluding hydrogens is 224 g/mol. The van der Waals surface area contributed by atoms with Crippen LogP contribution in [0.2, 0.25) is 0 Å². The molecule has 92 valence electrons. The highest BCUT2D eigenvalue weighted by Gasteiger charge is 2.20. The zero-order valence-electron chi connectivity index (χ0n) is 10.4. The van der Waals surface area contributed by atoms with Gasteiger partial charge in [-0.2, -0.15) is 0 Å². The monoisotopic (exact) mass is 240 g/mol. The van der Waals surface area contributed by atoms with Crippen molar-refractivity contribution in [3.63, 3.8) is 0 Å². The lowest BCUT2D eigenvalue weighted by Gasteiger charge is -2.20. The molecule has 0 aromatic heterocycles. The molecule has 1 aliphatic rings. The van der Waals surface area contributed by atoms with E-state index in [9.17, 15) is 0 Å². The third-order valence-electron chi connectivity index (χ3n) is 3.42. The van der Waals surface area contributed by atoms with Gasteiger partial charge in [0.2, 0.25) is 0 Å². The van der Waals surface area contributed by atoms with Crippen molar-refractivity contribution in [2.24, 2.45) is 0 Å². The van der Waals surface area contributed by atoms with Crippen molar-refractivity contribution in [1.29, 1.82) is 0 Å². The van der Waals surface area contributed by atoms with E-state index in [0.29, 0.717) is 0 Å². The van der Waals surface area contributed by atoms with E-state index in [1.54, 1.807) is 7.11 Å². The minimum absolute atomic E-state index is 0.766. The molecule has 2 aromatic rings. The number of ether oxygens (including phenoxy) is 1. The van der Waals surface area contributed by atoms with Gasteiger partial charge in [0.1, 0.15) is 5.75 Å². The predicted octanol–water partition coefficient (Wildman–Crippen LogP) is 2.80. The van der Waals surface area contributed by atoms with Crippen LogP contribution >= 0.6 is 0 Å². The maximum absolute atomic E-state index is 6.09. The maximum atomic E-state index is 6.09. The second kappa shape index (κ2) is 4.26. The van der Waals surface area contributed by atoms with Gasteiger partial charge in [-0.25, -0.2) is 0 Å². The molecule has 0 saturated heterocycles. The molecule has 2 aromatic carbocycles. The molecule has 1 aliphatic heterocycles. The lowest BCUT2D eigenvalue weighted by atomic mass is 10.1. The van der Waals surface area contributed by atoms with Crippen molar-refractivity contribution in [1.82, 2.24) is 0 Å². The molecule has 2 N–H and O–H groups in total. The normalized spacial score (nSPS) is 13.5. The summed E-state index contributed by atoms with van der Waals surface area (Å²) in [5.41, 5.74) is 10.7. The van der Waals surface area contributed by atoms with Gasteiger partial charge in [0.15, 0.2) is 0 Å². The van der Waals surface area contributed by atoms with E-state index in [4.69, 9.17) is 10.5 Å². The molecule has 0 bridgehead atoms. The van der Waals surface area contributed by atoms with Crippen molar-refractivity contribution < 1.29 is 4.74 Å². The quantitative estimate of drug-likeness (QED) is 0.820. The number of hydrogen-bond acceptors (Lipinski definition) is 3. The number of nitrogens with two attached hydrogens (primary N) is 1. The molecule has 0 saturated carbocycles. The summed E-state index contributed by atoms with van der Waals surface area (Å²) in [6.07, 6.45) is 0. The van der Waals surface area contributed by atoms with Gasteiger partial charge in [0.05, 0.1) is 18.5 Å². The maximum Gasteiger partial charge on any atom is 0.121 e. The molecule has 0 radical (unpaired) electrons. The van der Waals surface area contributed by atoms with E-state index in [2.05, 4.69) is 29.2 Å². The van der Waals surface area contributed by atoms with Crippen LogP contribution in [0.5, 0.6) is 5.75 Å². The van der Waals surface area contributed by atoms with Crippen LogP contribution in [0.15, 0.2) is 42.5 Å². The highest BCUT2D eigenvalue weighted by molar-refractivity contribution is 5.70. The third-order valence-corrected chi connectivity index (χ3v) is 3.42. The van der Waals surface area contributed by atoms with Crippen LogP contribution in [0.4, 0.5) is 11.4 Å². The first-order valence-corrected chi connectivity index (χ1v) is 6.03. The van der Waals surface area contributed by atoms with Gasteiger partial charge in [-0.1, -0.05) is 24.3 Å². The van der Waals surface area contributed by atoms with Crippen LogP contribution < -0.4 is 15.4 Å². The van der Waals surface area contributed by atoms with E-state index < -0.39 is 0 Å². The van der Waals surface area contributed by atoms with Crippen molar-refractivity contribution >= 4 is 11.4 Å². The van der Waals surface area contributed by atoms with Gasteiger partial charge in [0, 0.05) is 19.2 Å². The topological polar surface area (TPSA) is 38.5 Å². The summed E-state index contributed by atoms with van der Waals surface area (Å²) in [6, 6.07) is 14.4. The highest BCUT2D eigenvalue weighted by atomic mass is 16.5. The molecule has 0 aliphatic carbocycles. The number of fused-ring (bicyclic) bond motifs is 1. The first-order valence-electron chi connectivity index (χ1n) is 6.03. The fourth-order valence-electron chi connectivity index (χ4n) is 2.45. The summed E-state index contributed by atoms with van der Waals surface area (Å²) < 4.78 is 5.18. The second-order valence-corrected chi connectivity index (χ2v) is 4.55. The lowest BCUT2D eigenvalue weighted by molar-refractivity contribution is 0.415. The summed E-state index contributed by atoms with van der Waals surface area (Å²) in [5, 5.41) is 0. The number of nitrogens with zero attached hydrogens (tertiary/aromatic N) is 1. The van der Waals surface area contributed by atoms with Gasteiger partial charge in [-0.3, -0.25) is 0 Å². The van der Waals surface area contributed by atoms with Crippen LogP contribution in [0.25, 0.3) is 0 Å². The van der Waals surface area contributed by atoms with Gasteiger partial charge in [-0.05, 0) is 23.3 Å². The molecule has 3 heteroatoms. The fraction of sp³-hybridized carbons (Fsp3) is 0.200. The van der Waals surface area contributed by atoms with E-state index in [1.165, 1.54) is 11.1 Å². The SMILES string of the molecule is COc1ccc(N2Cc3ccccc3C2)c(N)c1. The molecule has 1 heterocycles. The Bertz CT molecular complexity index is 555. The molecule has 0 fully saturated rings. The van der Waals surface area contributed by atoms with Crippen LogP contribution in [0.1, 0.15) is 11.1 Å². The average molecular weight is 240 g/mol. The smallest absolute Gasteiger partial charge is 0.121 e. The number of hydrogen-bond donors (Lipinski definition) is 1. The minimum Gasteiger partial charge on any atom is -0.497 e. The number of methoxy groups -OCH3 is 1. The Hall–Kier alpha value is -2.16. The Morgan fingerprint density at radius 2 is 1.72 bits per heavy atom. The Labute approximate surface area is 107 Å². The minimum atomic E-state index is 0.766. The van der Waals surface area contributed by atoms with Gasteiger partial charge in [0.25, 0.3) is 0 Å². The van der Waals surface area contributed by atoms with Crippen molar-refractivity contribution in [3.05, 3.63) is 53.6 Å². The molecule has 3 nitrogen and oxygen atoms in total. The fourth-order valence-corrected chi connectivity index (χ4v) is 2.45. The van der Waals surface area contributed by atoms with Crippen molar-refractivity contribution in [2.45, 2.75) is 13.1 Å². The zero-order chi connectivity index (χ0) is 12.5.